The highest BCUT2D eigenvalue weighted by molar-refractivity contribution is 5.76. The van der Waals surface area contributed by atoms with Gasteiger partial charge in [0, 0.05) is 25.6 Å². The van der Waals surface area contributed by atoms with Crippen molar-refractivity contribution in [2.45, 2.75) is 57.9 Å². The van der Waals surface area contributed by atoms with Crippen LogP contribution in [0.15, 0.2) is 0 Å². The number of hydrogen-bond donors (Lipinski definition) is 1. The van der Waals surface area contributed by atoms with Crippen molar-refractivity contribution >= 4 is 5.91 Å². The molecule has 2 N–H and O–H groups in total. The van der Waals surface area contributed by atoms with E-state index in [9.17, 15) is 4.79 Å². The maximum Gasteiger partial charge on any atom is 0.222 e. The molecule has 17 heavy (non-hydrogen) atoms. The van der Waals surface area contributed by atoms with Crippen LogP contribution in [0.3, 0.4) is 0 Å². The van der Waals surface area contributed by atoms with Crippen LogP contribution in [-0.4, -0.2) is 29.9 Å². The van der Waals surface area contributed by atoms with E-state index in [1.807, 2.05) is 0 Å². The monoisotopic (exact) mass is 238 g/mol. The minimum Gasteiger partial charge on any atom is -0.342 e. The van der Waals surface area contributed by atoms with Gasteiger partial charge < -0.3 is 10.6 Å². The van der Waals surface area contributed by atoms with Crippen molar-refractivity contribution in [2.24, 2.45) is 17.6 Å². The summed E-state index contributed by atoms with van der Waals surface area (Å²) in [7, 11) is 0. The summed E-state index contributed by atoms with van der Waals surface area (Å²) in [5.41, 5.74) is 5.89. The third kappa shape index (κ3) is 3.44. The third-order valence-electron chi connectivity index (χ3n) is 4.57. The van der Waals surface area contributed by atoms with Gasteiger partial charge >= 0.3 is 0 Å². The molecule has 1 unspecified atom stereocenters. The highest BCUT2D eigenvalue weighted by Crippen LogP contribution is 2.28. The van der Waals surface area contributed by atoms with E-state index in [0.29, 0.717) is 17.9 Å². The highest BCUT2D eigenvalue weighted by atomic mass is 16.2. The van der Waals surface area contributed by atoms with Gasteiger partial charge in [-0.1, -0.05) is 13.3 Å². The lowest BCUT2D eigenvalue weighted by atomic mass is 9.84. The average molecular weight is 238 g/mol. The van der Waals surface area contributed by atoms with Gasteiger partial charge in [0.25, 0.3) is 0 Å². The first-order valence-electron chi connectivity index (χ1n) is 7.22. The fraction of sp³-hybridized carbons (Fsp3) is 0.929. The van der Waals surface area contributed by atoms with Crippen molar-refractivity contribution in [1.29, 1.82) is 0 Å². The normalized spacial score (nSPS) is 34.0. The van der Waals surface area contributed by atoms with Crippen LogP contribution in [0.5, 0.6) is 0 Å². The first-order chi connectivity index (χ1) is 8.19. The summed E-state index contributed by atoms with van der Waals surface area (Å²) >= 11 is 0. The van der Waals surface area contributed by atoms with Crippen LogP contribution in [0.2, 0.25) is 0 Å². The van der Waals surface area contributed by atoms with E-state index in [4.69, 9.17) is 5.73 Å². The molecule has 0 radical (unpaired) electrons. The predicted molar refractivity (Wildman–Crippen MR) is 69.5 cm³/mol. The second-order valence-corrected chi connectivity index (χ2v) is 5.89. The van der Waals surface area contributed by atoms with Gasteiger partial charge in [-0.3, -0.25) is 4.79 Å². The quantitative estimate of drug-likeness (QED) is 0.819. The van der Waals surface area contributed by atoms with Crippen LogP contribution in [-0.2, 0) is 4.79 Å². The molecule has 1 saturated heterocycles. The van der Waals surface area contributed by atoms with Crippen molar-refractivity contribution in [3.63, 3.8) is 0 Å². The molecule has 3 heteroatoms. The smallest absolute Gasteiger partial charge is 0.222 e. The largest absolute Gasteiger partial charge is 0.342 e. The summed E-state index contributed by atoms with van der Waals surface area (Å²) < 4.78 is 0. The van der Waals surface area contributed by atoms with Gasteiger partial charge in [0.05, 0.1) is 0 Å². The molecule has 0 aromatic heterocycles. The van der Waals surface area contributed by atoms with Crippen LogP contribution in [0.25, 0.3) is 0 Å². The van der Waals surface area contributed by atoms with E-state index in [1.54, 1.807) is 0 Å². The number of amides is 1. The molecular weight excluding hydrogens is 212 g/mol. The highest BCUT2D eigenvalue weighted by Gasteiger charge is 2.27. The third-order valence-corrected chi connectivity index (χ3v) is 4.57. The lowest BCUT2D eigenvalue weighted by Crippen LogP contribution is -2.33. The molecular formula is C14H26N2O. The molecule has 0 spiro atoms. The standard InChI is InChI=1S/C14H26N2O/c1-2-11-7-8-16(10-11)14(17)9-12-3-5-13(15)6-4-12/h11-13H,2-10,15H2,1H3. The Hall–Kier alpha value is -0.570. The van der Waals surface area contributed by atoms with E-state index in [-0.39, 0.29) is 0 Å². The Bertz CT molecular complexity index is 259. The van der Waals surface area contributed by atoms with Crippen LogP contribution in [0.1, 0.15) is 51.9 Å². The lowest BCUT2D eigenvalue weighted by Gasteiger charge is -2.27. The molecule has 2 rings (SSSR count). The summed E-state index contributed by atoms with van der Waals surface area (Å²) in [6.07, 6.45) is 7.70. The zero-order valence-corrected chi connectivity index (χ0v) is 11.0. The second kappa shape index (κ2) is 5.85. The minimum atomic E-state index is 0.387. The Morgan fingerprint density at radius 3 is 2.47 bits per heavy atom. The first-order valence-corrected chi connectivity index (χ1v) is 7.22. The van der Waals surface area contributed by atoms with Gasteiger partial charge in [-0.05, 0) is 43.9 Å². The summed E-state index contributed by atoms with van der Waals surface area (Å²) in [5, 5.41) is 0. The van der Waals surface area contributed by atoms with Crippen LogP contribution in [0, 0.1) is 11.8 Å². The maximum atomic E-state index is 12.2. The molecule has 3 nitrogen and oxygen atoms in total. The number of rotatable bonds is 3. The van der Waals surface area contributed by atoms with E-state index < -0.39 is 0 Å². The number of carbonyl (C=O) groups is 1. The van der Waals surface area contributed by atoms with Crippen molar-refractivity contribution in [1.82, 2.24) is 4.90 Å². The molecule has 1 amide bonds. The molecule has 1 atom stereocenters. The van der Waals surface area contributed by atoms with Crippen molar-refractivity contribution in [3.8, 4) is 0 Å². The van der Waals surface area contributed by atoms with Gasteiger partial charge in [0.15, 0.2) is 0 Å². The van der Waals surface area contributed by atoms with Crippen LogP contribution < -0.4 is 5.73 Å². The zero-order valence-electron chi connectivity index (χ0n) is 11.0. The van der Waals surface area contributed by atoms with E-state index >= 15 is 0 Å². The number of hydrogen-bond acceptors (Lipinski definition) is 2. The molecule has 0 bridgehead atoms. The van der Waals surface area contributed by atoms with Gasteiger partial charge in [-0.2, -0.15) is 0 Å². The second-order valence-electron chi connectivity index (χ2n) is 5.89. The fourth-order valence-corrected chi connectivity index (χ4v) is 3.16. The Labute approximate surface area is 105 Å². The van der Waals surface area contributed by atoms with Gasteiger partial charge in [-0.25, -0.2) is 0 Å². The summed E-state index contributed by atoms with van der Waals surface area (Å²) in [5.74, 6) is 1.74. The van der Waals surface area contributed by atoms with Crippen LogP contribution in [0.4, 0.5) is 0 Å². The molecule has 1 saturated carbocycles. The van der Waals surface area contributed by atoms with Crippen LogP contribution >= 0.6 is 0 Å². The molecule has 98 valence electrons. The minimum absolute atomic E-state index is 0.387. The zero-order chi connectivity index (χ0) is 12.3. The Morgan fingerprint density at radius 1 is 1.18 bits per heavy atom. The molecule has 2 fully saturated rings. The molecule has 0 aromatic rings. The van der Waals surface area contributed by atoms with E-state index in [1.165, 1.54) is 12.8 Å². The molecule has 1 aliphatic carbocycles. The van der Waals surface area contributed by atoms with Gasteiger partial charge in [-0.15, -0.1) is 0 Å². The Balaban J connectivity index is 1.74. The van der Waals surface area contributed by atoms with Gasteiger partial charge in [0.1, 0.15) is 0 Å². The van der Waals surface area contributed by atoms with Gasteiger partial charge in [0.2, 0.25) is 5.91 Å². The molecule has 0 aromatic carbocycles. The SMILES string of the molecule is CCC1CCN(C(=O)CC2CCC(N)CC2)C1. The molecule has 1 heterocycles. The fourth-order valence-electron chi connectivity index (χ4n) is 3.16. The topological polar surface area (TPSA) is 46.3 Å². The summed E-state index contributed by atoms with van der Waals surface area (Å²) in [4.78, 5) is 14.2. The number of nitrogens with zero attached hydrogens (tertiary/aromatic N) is 1. The van der Waals surface area contributed by atoms with E-state index in [0.717, 1.165) is 51.1 Å². The van der Waals surface area contributed by atoms with E-state index in [2.05, 4.69) is 11.8 Å². The average Bonchev–Trinajstić information content (AvgIpc) is 2.81. The predicted octanol–water partition coefficient (Wildman–Crippen LogP) is 2.15. The Morgan fingerprint density at radius 2 is 1.88 bits per heavy atom. The van der Waals surface area contributed by atoms with Crippen molar-refractivity contribution in [2.75, 3.05) is 13.1 Å². The van der Waals surface area contributed by atoms with Crippen molar-refractivity contribution in [3.05, 3.63) is 0 Å². The summed E-state index contributed by atoms with van der Waals surface area (Å²) in [6, 6.07) is 0.387. The molecule has 2 aliphatic rings. The number of nitrogens with two attached hydrogens (primary N) is 1. The summed E-state index contributed by atoms with van der Waals surface area (Å²) in [6.45, 7) is 4.21. The number of carbonyl (C=O) groups excluding carboxylic acids is 1. The maximum absolute atomic E-state index is 12.2. The van der Waals surface area contributed by atoms with Crippen molar-refractivity contribution < 1.29 is 4.79 Å². The first kappa shape index (κ1) is 12.9. The lowest BCUT2D eigenvalue weighted by molar-refractivity contribution is -0.131. The number of likely N-dealkylation sites (tertiary alicyclic amines) is 1. The molecule has 1 aliphatic heterocycles. The Kier molecular flexibility index (Phi) is 4.43.